The molecular weight excluding hydrogens is 325 g/mol. The Kier molecular flexibility index (Phi) is 5.04. The van der Waals surface area contributed by atoms with Crippen LogP contribution in [0.4, 0.5) is 4.39 Å². The van der Waals surface area contributed by atoms with Crippen LogP contribution < -0.4 is 4.74 Å². The highest BCUT2D eigenvalue weighted by Gasteiger charge is 2.32. The maximum Gasteiger partial charge on any atom is 0.165 e. The summed E-state index contributed by atoms with van der Waals surface area (Å²) in [7, 11) is 1.48. The second-order valence-corrected chi connectivity index (χ2v) is 6.44. The van der Waals surface area contributed by atoms with Crippen molar-refractivity contribution in [3.8, 4) is 5.75 Å². The number of hydrogen-bond donors (Lipinski definition) is 0. The van der Waals surface area contributed by atoms with Crippen LogP contribution in [-0.4, -0.2) is 42.1 Å². The number of hydrogen-bond acceptors (Lipinski definition) is 3. The Balaban J connectivity index is 2.07. The first-order valence-electron chi connectivity index (χ1n) is 6.72. The maximum atomic E-state index is 13.7. The minimum Gasteiger partial charge on any atom is -0.494 e. The van der Waals surface area contributed by atoms with Crippen LogP contribution in [0.2, 0.25) is 0 Å². The van der Waals surface area contributed by atoms with Gasteiger partial charge < -0.3 is 9.47 Å². The number of methoxy groups -OCH3 is 1. The lowest BCUT2D eigenvalue weighted by Gasteiger charge is -2.42. The molecule has 20 heavy (non-hydrogen) atoms. The van der Waals surface area contributed by atoms with Gasteiger partial charge >= 0.3 is 0 Å². The molecule has 5 heteroatoms. The molecule has 1 aromatic carbocycles. The van der Waals surface area contributed by atoms with Crippen LogP contribution >= 0.6 is 15.9 Å². The first kappa shape index (κ1) is 15.7. The minimum atomic E-state index is -0.311. The van der Waals surface area contributed by atoms with Crippen molar-refractivity contribution in [3.05, 3.63) is 29.6 Å². The zero-order valence-electron chi connectivity index (χ0n) is 12.2. The van der Waals surface area contributed by atoms with Gasteiger partial charge in [-0.25, -0.2) is 4.39 Å². The van der Waals surface area contributed by atoms with Crippen molar-refractivity contribution in [1.29, 1.82) is 0 Å². The van der Waals surface area contributed by atoms with Gasteiger partial charge in [-0.3, -0.25) is 4.90 Å². The third-order valence-electron chi connectivity index (χ3n) is 3.35. The third kappa shape index (κ3) is 3.93. The third-order valence-corrected chi connectivity index (χ3v) is 4.07. The molecule has 0 bridgehead atoms. The van der Waals surface area contributed by atoms with Gasteiger partial charge in [0.15, 0.2) is 11.6 Å². The fourth-order valence-electron chi connectivity index (χ4n) is 2.68. The minimum absolute atomic E-state index is 0.168. The standard InChI is InChI=1S/C15H21BrFNO2/c1-15(2)10-18(9-12(7-16)20-15)8-11-4-5-14(19-3)13(17)6-11/h4-6,12H,7-10H2,1-3H3. The second-order valence-electron chi connectivity index (χ2n) is 5.79. The lowest BCUT2D eigenvalue weighted by molar-refractivity contribution is -0.128. The predicted molar refractivity (Wildman–Crippen MR) is 81.0 cm³/mol. The molecule has 1 aliphatic heterocycles. The van der Waals surface area contributed by atoms with Crippen LogP contribution in [0, 0.1) is 5.82 Å². The largest absolute Gasteiger partial charge is 0.494 e. The number of alkyl halides is 1. The molecule has 3 nitrogen and oxygen atoms in total. The Morgan fingerprint density at radius 3 is 2.85 bits per heavy atom. The summed E-state index contributed by atoms with van der Waals surface area (Å²) < 4.78 is 24.6. The Morgan fingerprint density at radius 2 is 2.25 bits per heavy atom. The van der Waals surface area contributed by atoms with E-state index in [0.717, 1.165) is 30.5 Å². The van der Waals surface area contributed by atoms with Crippen molar-refractivity contribution in [1.82, 2.24) is 4.90 Å². The highest BCUT2D eigenvalue weighted by atomic mass is 79.9. The van der Waals surface area contributed by atoms with Gasteiger partial charge in [0.2, 0.25) is 0 Å². The first-order chi connectivity index (χ1) is 9.43. The van der Waals surface area contributed by atoms with Gasteiger partial charge in [0, 0.05) is 25.0 Å². The predicted octanol–water partition coefficient (Wildman–Crippen LogP) is 3.21. The molecule has 112 valence electrons. The number of rotatable bonds is 4. The van der Waals surface area contributed by atoms with Crippen LogP contribution in [0.15, 0.2) is 18.2 Å². The van der Waals surface area contributed by atoms with Gasteiger partial charge in [-0.05, 0) is 31.5 Å². The molecule has 0 aromatic heterocycles. The highest BCUT2D eigenvalue weighted by Crippen LogP contribution is 2.24. The van der Waals surface area contributed by atoms with Gasteiger partial charge in [-0.2, -0.15) is 0 Å². The molecule has 0 spiro atoms. The quantitative estimate of drug-likeness (QED) is 0.782. The van der Waals surface area contributed by atoms with E-state index >= 15 is 0 Å². The van der Waals surface area contributed by atoms with Crippen molar-refractivity contribution in [2.24, 2.45) is 0 Å². The topological polar surface area (TPSA) is 21.7 Å². The molecule has 0 aliphatic carbocycles. The lowest BCUT2D eigenvalue weighted by Crippen LogP contribution is -2.52. The van der Waals surface area contributed by atoms with E-state index in [-0.39, 0.29) is 23.3 Å². The smallest absolute Gasteiger partial charge is 0.165 e. The van der Waals surface area contributed by atoms with E-state index in [0.29, 0.717) is 0 Å². The second kappa shape index (κ2) is 6.41. The summed E-state index contributed by atoms with van der Waals surface area (Å²) in [5.41, 5.74) is 0.774. The van der Waals surface area contributed by atoms with E-state index in [1.165, 1.54) is 7.11 Å². The molecule has 2 rings (SSSR count). The normalized spacial score (nSPS) is 22.8. The number of ether oxygens (including phenoxy) is 2. The Labute approximate surface area is 128 Å². The summed E-state index contributed by atoms with van der Waals surface area (Å²) in [6.07, 6.45) is 0.168. The SMILES string of the molecule is COc1ccc(CN2CC(CBr)OC(C)(C)C2)cc1F. The van der Waals surface area contributed by atoms with Gasteiger partial charge in [-0.1, -0.05) is 22.0 Å². The van der Waals surface area contributed by atoms with Crippen LogP contribution in [0.5, 0.6) is 5.75 Å². The Bertz CT molecular complexity index is 467. The van der Waals surface area contributed by atoms with Gasteiger partial charge in [-0.15, -0.1) is 0 Å². The molecule has 0 amide bonds. The van der Waals surface area contributed by atoms with Gasteiger partial charge in [0.05, 0.1) is 18.8 Å². The van der Waals surface area contributed by atoms with Crippen molar-refractivity contribution in [3.63, 3.8) is 0 Å². The van der Waals surface area contributed by atoms with Crippen molar-refractivity contribution >= 4 is 15.9 Å². The van der Waals surface area contributed by atoms with Crippen LogP contribution in [0.3, 0.4) is 0 Å². The number of morpholine rings is 1. The van der Waals surface area contributed by atoms with E-state index in [1.54, 1.807) is 12.1 Å². The van der Waals surface area contributed by atoms with Crippen molar-refractivity contribution in [2.45, 2.75) is 32.1 Å². The fraction of sp³-hybridized carbons (Fsp3) is 0.600. The molecule has 1 aromatic rings. The molecule has 1 saturated heterocycles. The Morgan fingerprint density at radius 1 is 1.50 bits per heavy atom. The molecule has 1 fully saturated rings. The molecule has 1 aliphatic rings. The van der Waals surface area contributed by atoms with Crippen molar-refractivity contribution < 1.29 is 13.9 Å². The summed E-state index contributed by atoms with van der Waals surface area (Å²) in [5.74, 6) is -0.0241. The molecule has 0 saturated carbocycles. The molecule has 0 N–H and O–H groups in total. The van der Waals surface area contributed by atoms with Crippen molar-refractivity contribution in [2.75, 3.05) is 25.5 Å². The summed E-state index contributed by atoms with van der Waals surface area (Å²) in [5, 5.41) is 0.809. The fourth-order valence-corrected chi connectivity index (χ4v) is 3.02. The van der Waals surface area contributed by atoms with Crippen LogP contribution in [0.25, 0.3) is 0 Å². The first-order valence-corrected chi connectivity index (χ1v) is 7.84. The zero-order valence-corrected chi connectivity index (χ0v) is 13.7. The summed E-state index contributed by atoms with van der Waals surface area (Å²) in [6, 6.07) is 5.14. The average Bonchev–Trinajstić information content (AvgIpc) is 2.37. The zero-order chi connectivity index (χ0) is 14.8. The molecular formula is C15H21BrFNO2. The monoisotopic (exact) mass is 345 g/mol. The summed E-state index contributed by atoms with van der Waals surface area (Å²) in [6.45, 7) is 6.58. The lowest BCUT2D eigenvalue weighted by atomic mass is 10.0. The molecule has 1 heterocycles. The Hall–Kier alpha value is -0.650. The number of halogens is 2. The maximum absolute atomic E-state index is 13.7. The summed E-state index contributed by atoms with van der Waals surface area (Å²) >= 11 is 3.48. The summed E-state index contributed by atoms with van der Waals surface area (Å²) in [4.78, 5) is 2.30. The van der Waals surface area contributed by atoms with E-state index in [9.17, 15) is 4.39 Å². The van der Waals surface area contributed by atoms with E-state index in [1.807, 2.05) is 6.07 Å². The molecule has 1 atom stereocenters. The van der Waals surface area contributed by atoms with Gasteiger partial charge in [0.25, 0.3) is 0 Å². The van der Waals surface area contributed by atoms with E-state index in [4.69, 9.17) is 9.47 Å². The van der Waals surface area contributed by atoms with Crippen LogP contribution in [0.1, 0.15) is 19.4 Å². The number of benzene rings is 1. The van der Waals surface area contributed by atoms with E-state index in [2.05, 4.69) is 34.7 Å². The highest BCUT2D eigenvalue weighted by molar-refractivity contribution is 9.09. The average molecular weight is 346 g/mol. The molecule has 0 radical (unpaired) electrons. The van der Waals surface area contributed by atoms with E-state index < -0.39 is 0 Å². The molecule has 1 unspecified atom stereocenters. The van der Waals surface area contributed by atoms with Gasteiger partial charge in [0.1, 0.15) is 0 Å². The van der Waals surface area contributed by atoms with Crippen LogP contribution in [-0.2, 0) is 11.3 Å². The number of nitrogens with zero attached hydrogens (tertiary/aromatic N) is 1.